The van der Waals surface area contributed by atoms with E-state index in [1.165, 1.54) is 11.3 Å². The number of aromatic nitrogens is 3. The third-order valence-corrected chi connectivity index (χ3v) is 2.89. The fraction of sp³-hybridized carbons (Fsp3) is 0.300. The molecule has 17 heavy (non-hydrogen) atoms. The molecule has 2 aromatic rings. The number of nitrogens with one attached hydrogen (secondary N) is 2. The van der Waals surface area contributed by atoms with E-state index in [9.17, 15) is 4.79 Å². The molecule has 0 spiro atoms. The molecule has 0 saturated heterocycles. The van der Waals surface area contributed by atoms with Crippen molar-refractivity contribution in [3.8, 4) is 10.6 Å². The van der Waals surface area contributed by atoms with Gasteiger partial charge in [0.15, 0.2) is 5.69 Å². The van der Waals surface area contributed by atoms with E-state index in [0.29, 0.717) is 12.2 Å². The first-order valence-electron chi connectivity index (χ1n) is 5.09. The van der Waals surface area contributed by atoms with Gasteiger partial charge in [0, 0.05) is 6.54 Å². The average Bonchev–Trinajstić information content (AvgIpc) is 2.79. The maximum atomic E-state index is 11.7. The summed E-state index contributed by atoms with van der Waals surface area (Å²) < 4.78 is 0. The van der Waals surface area contributed by atoms with Crippen LogP contribution in [0.25, 0.3) is 10.6 Å². The minimum absolute atomic E-state index is 0.260. The Morgan fingerprint density at radius 1 is 1.59 bits per heavy atom. The summed E-state index contributed by atoms with van der Waals surface area (Å²) in [5.74, 6) is 0.260. The standard InChI is InChI=1S/C10H12N4O2S/c1-6(15)5-11-10-12-9(16)8(13-14-10)7-3-2-4-17-7/h2-4,6,15H,5H2,1H3,(H2,11,12,14,16). The first-order valence-corrected chi connectivity index (χ1v) is 5.97. The van der Waals surface area contributed by atoms with Crippen molar-refractivity contribution in [2.75, 3.05) is 11.9 Å². The zero-order chi connectivity index (χ0) is 12.3. The summed E-state index contributed by atoms with van der Waals surface area (Å²) >= 11 is 1.43. The van der Waals surface area contributed by atoms with E-state index in [2.05, 4.69) is 20.5 Å². The molecule has 0 bridgehead atoms. The van der Waals surface area contributed by atoms with Crippen LogP contribution in [-0.4, -0.2) is 32.9 Å². The smallest absolute Gasteiger partial charge is 0.279 e. The molecule has 0 aliphatic heterocycles. The van der Waals surface area contributed by atoms with Crippen molar-refractivity contribution in [1.29, 1.82) is 0 Å². The molecule has 0 fully saturated rings. The second-order valence-corrected chi connectivity index (χ2v) is 4.51. The van der Waals surface area contributed by atoms with Crippen molar-refractivity contribution in [1.82, 2.24) is 15.2 Å². The highest BCUT2D eigenvalue weighted by Gasteiger charge is 2.08. The summed E-state index contributed by atoms with van der Waals surface area (Å²) in [6, 6.07) is 3.66. The van der Waals surface area contributed by atoms with E-state index in [-0.39, 0.29) is 11.5 Å². The number of aliphatic hydroxyl groups is 1. The topological polar surface area (TPSA) is 90.9 Å². The van der Waals surface area contributed by atoms with E-state index in [1.807, 2.05) is 17.5 Å². The van der Waals surface area contributed by atoms with Crippen LogP contribution in [0.1, 0.15) is 6.92 Å². The molecule has 3 N–H and O–H groups in total. The monoisotopic (exact) mass is 252 g/mol. The van der Waals surface area contributed by atoms with Gasteiger partial charge in [0.2, 0.25) is 5.95 Å². The van der Waals surface area contributed by atoms with E-state index in [4.69, 9.17) is 5.11 Å². The van der Waals surface area contributed by atoms with E-state index in [0.717, 1.165) is 4.88 Å². The van der Waals surface area contributed by atoms with Gasteiger partial charge in [-0.15, -0.1) is 21.5 Å². The Balaban J connectivity index is 2.21. The van der Waals surface area contributed by atoms with Crippen LogP contribution in [0.2, 0.25) is 0 Å². The molecule has 6 nitrogen and oxygen atoms in total. The van der Waals surface area contributed by atoms with Crippen LogP contribution in [0.3, 0.4) is 0 Å². The molecule has 2 heterocycles. The van der Waals surface area contributed by atoms with Crippen LogP contribution in [0, 0.1) is 0 Å². The molecular formula is C10H12N4O2S. The Labute approximate surface area is 101 Å². The second kappa shape index (κ2) is 5.07. The molecule has 1 atom stereocenters. The Bertz CT molecular complexity index is 535. The summed E-state index contributed by atoms with van der Waals surface area (Å²) in [7, 11) is 0. The maximum absolute atomic E-state index is 11.7. The third-order valence-electron chi connectivity index (χ3n) is 2.02. The Kier molecular flexibility index (Phi) is 3.50. The van der Waals surface area contributed by atoms with Crippen molar-refractivity contribution >= 4 is 17.3 Å². The molecular weight excluding hydrogens is 240 g/mol. The van der Waals surface area contributed by atoms with Crippen molar-refractivity contribution < 1.29 is 5.11 Å². The van der Waals surface area contributed by atoms with E-state index < -0.39 is 6.10 Å². The number of rotatable bonds is 4. The van der Waals surface area contributed by atoms with Crippen LogP contribution < -0.4 is 10.9 Å². The van der Waals surface area contributed by atoms with Crippen molar-refractivity contribution in [2.45, 2.75) is 13.0 Å². The fourth-order valence-corrected chi connectivity index (χ4v) is 1.94. The van der Waals surface area contributed by atoms with Gasteiger partial charge in [-0.25, -0.2) is 0 Å². The minimum atomic E-state index is -0.516. The zero-order valence-corrected chi connectivity index (χ0v) is 9.99. The van der Waals surface area contributed by atoms with Gasteiger partial charge in [-0.2, -0.15) is 0 Å². The van der Waals surface area contributed by atoms with E-state index >= 15 is 0 Å². The molecule has 2 rings (SSSR count). The van der Waals surface area contributed by atoms with Gasteiger partial charge in [-0.1, -0.05) is 6.07 Å². The number of aromatic amines is 1. The minimum Gasteiger partial charge on any atom is -0.392 e. The number of hydrogen-bond acceptors (Lipinski definition) is 6. The number of anilines is 1. The van der Waals surface area contributed by atoms with E-state index in [1.54, 1.807) is 6.92 Å². The number of aliphatic hydroxyl groups excluding tert-OH is 1. The molecule has 2 aromatic heterocycles. The lowest BCUT2D eigenvalue weighted by atomic mass is 10.4. The largest absolute Gasteiger partial charge is 0.392 e. The molecule has 0 amide bonds. The predicted molar refractivity (Wildman–Crippen MR) is 66.1 cm³/mol. The van der Waals surface area contributed by atoms with Crippen LogP contribution in [0.4, 0.5) is 5.95 Å². The van der Waals surface area contributed by atoms with Gasteiger partial charge in [-0.05, 0) is 18.4 Å². The highest BCUT2D eigenvalue weighted by atomic mass is 32.1. The lowest BCUT2D eigenvalue weighted by Gasteiger charge is -2.06. The molecule has 0 saturated carbocycles. The third kappa shape index (κ3) is 2.89. The molecule has 1 unspecified atom stereocenters. The highest BCUT2D eigenvalue weighted by molar-refractivity contribution is 7.13. The Hall–Kier alpha value is -1.73. The first-order chi connectivity index (χ1) is 8.16. The molecule has 0 aliphatic carbocycles. The van der Waals surface area contributed by atoms with Crippen LogP contribution in [0.5, 0.6) is 0 Å². The summed E-state index contributed by atoms with van der Waals surface area (Å²) in [5.41, 5.74) is 0.0122. The normalized spacial score (nSPS) is 12.4. The fourth-order valence-electron chi connectivity index (χ4n) is 1.24. The summed E-state index contributed by atoms with van der Waals surface area (Å²) in [5, 5.41) is 21.5. The quantitative estimate of drug-likeness (QED) is 0.744. The van der Waals surface area contributed by atoms with Crippen LogP contribution in [0.15, 0.2) is 22.3 Å². The zero-order valence-electron chi connectivity index (χ0n) is 9.17. The maximum Gasteiger partial charge on any atom is 0.279 e. The second-order valence-electron chi connectivity index (χ2n) is 3.56. The van der Waals surface area contributed by atoms with Gasteiger partial charge >= 0.3 is 0 Å². The van der Waals surface area contributed by atoms with Crippen molar-refractivity contribution in [2.24, 2.45) is 0 Å². The summed E-state index contributed by atoms with van der Waals surface area (Å²) in [6.45, 7) is 1.95. The highest BCUT2D eigenvalue weighted by Crippen LogP contribution is 2.18. The number of nitrogens with zero attached hydrogens (tertiary/aromatic N) is 2. The molecule has 0 aliphatic rings. The molecule has 0 radical (unpaired) electrons. The number of hydrogen-bond donors (Lipinski definition) is 3. The summed E-state index contributed by atoms with van der Waals surface area (Å²) in [4.78, 5) is 15.1. The molecule has 7 heteroatoms. The lowest BCUT2D eigenvalue weighted by molar-refractivity contribution is 0.208. The van der Waals surface area contributed by atoms with Gasteiger partial charge in [0.25, 0.3) is 5.56 Å². The van der Waals surface area contributed by atoms with Crippen molar-refractivity contribution in [3.05, 3.63) is 27.9 Å². The van der Waals surface area contributed by atoms with Crippen LogP contribution in [-0.2, 0) is 0 Å². The molecule has 90 valence electrons. The molecule has 0 aromatic carbocycles. The van der Waals surface area contributed by atoms with Gasteiger partial charge < -0.3 is 10.4 Å². The first kappa shape index (κ1) is 11.7. The number of H-pyrrole nitrogens is 1. The van der Waals surface area contributed by atoms with Gasteiger partial charge in [0.05, 0.1) is 11.0 Å². The number of thiophene rings is 1. The average molecular weight is 252 g/mol. The van der Waals surface area contributed by atoms with Gasteiger partial charge in [0.1, 0.15) is 0 Å². The Morgan fingerprint density at radius 3 is 3.00 bits per heavy atom. The Morgan fingerprint density at radius 2 is 2.41 bits per heavy atom. The van der Waals surface area contributed by atoms with Crippen molar-refractivity contribution in [3.63, 3.8) is 0 Å². The summed E-state index contributed by atoms with van der Waals surface area (Å²) in [6.07, 6.45) is -0.516. The van der Waals surface area contributed by atoms with Gasteiger partial charge in [-0.3, -0.25) is 9.78 Å². The SMILES string of the molecule is CC(O)CNc1nnc(-c2cccs2)c(=O)[nH]1. The predicted octanol–water partition coefficient (Wildman–Crippen LogP) is 0.686. The van der Waals surface area contributed by atoms with Crippen LogP contribution >= 0.6 is 11.3 Å². The lowest BCUT2D eigenvalue weighted by Crippen LogP contribution is -2.21.